The van der Waals surface area contributed by atoms with Crippen LogP contribution < -0.4 is 10.2 Å². The van der Waals surface area contributed by atoms with Crippen LogP contribution in [0.3, 0.4) is 0 Å². The number of nitrogens with zero attached hydrogens (tertiary/aromatic N) is 2. The molecule has 0 aliphatic carbocycles. The van der Waals surface area contributed by atoms with Gasteiger partial charge in [-0.05, 0) is 36.0 Å². The molecule has 2 aromatic heterocycles. The van der Waals surface area contributed by atoms with Gasteiger partial charge in [0.2, 0.25) is 0 Å². The first-order valence-electron chi connectivity index (χ1n) is 11.0. The van der Waals surface area contributed by atoms with Gasteiger partial charge in [-0.15, -0.1) is 0 Å². The fraction of sp³-hybridized carbons (Fsp3) is 0.346. The maximum atomic E-state index is 12.8. The molecule has 172 valence electrons. The minimum absolute atomic E-state index is 0.0151. The average Bonchev–Trinajstić information content (AvgIpc) is 2.77. The molecule has 33 heavy (non-hydrogen) atoms. The van der Waals surface area contributed by atoms with Crippen LogP contribution >= 0.6 is 11.6 Å². The van der Waals surface area contributed by atoms with E-state index in [1.807, 2.05) is 41.0 Å². The van der Waals surface area contributed by atoms with E-state index >= 15 is 0 Å². The first kappa shape index (κ1) is 23.1. The van der Waals surface area contributed by atoms with Gasteiger partial charge in [-0.25, -0.2) is 9.78 Å². The summed E-state index contributed by atoms with van der Waals surface area (Å²) in [5, 5.41) is 0.229. The van der Waals surface area contributed by atoms with E-state index in [1.54, 1.807) is 13.1 Å². The fourth-order valence-electron chi connectivity index (χ4n) is 4.11. The third-order valence-electron chi connectivity index (χ3n) is 5.83. The second-order valence-electron chi connectivity index (χ2n) is 9.21. The number of pyridine rings is 2. The Balaban J connectivity index is 1.78. The number of fused-ring (bicyclic) bond motifs is 3. The first-order valence-corrected chi connectivity index (χ1v) is 11.4. The summed E-state index contributed by atoms with van der Waals surface area (Å²) in [7, 11) is 0. The molecule has 4 rings (SSSR count). The third-order valence-corrected chi connectivity index (χ3v) is 6.10. The number of carbonyl (C=O) groups excluding carboxylic acids is 1. The third kappa shape index (κ3) is 4.67. The lowest BCUT2D eigenvalue weighted by molar-refractivity contribution is 0.0523. The van der Waals surface area contributed by atoms with E-state index in [1.165, 1.54) is 6.07 Å². The minimum Gasteiger partial charge on any atom is -0.486 e. The van der Waals surface area contributed by atoms with Crippen LogP contribution in [0.5, 0.6) is 5.75 Å². The number of halogens is 1. The van der Waals surface area contributed by atoms with Gasteiger partial charge in [0.1, 0.15) is 12.2 Å². The molecule has 3 heterocycles. The molecule has 1 aromatic carbocycles. The molecule has 0 bridgehead atoms. The molecule has 0 radical (unpaired) electrons. The highest BCUT2D eigenvalue weighted by atomic mass is 35.5. The standard InChI is InChI=1S/C26H27ClN2O4/c1-5-32-25(31)18-14-29-19(13-20(18)30)23-17(12-22(29)26(2,3)4)11-21(24(27)28-23)33-15-16-9-7-6-8-10-16/h6-11,13-14,22H,5,12,15H2,1-4H3/t22-/m0/s1. The second kappa shape index (κ2) is 9.02. The van der Waals surface area contributed by atoms with Crippen LogP contribution in [-0.4, -0.2) is 22.1 Å². The molecular weight excluding hydrogens is 440 g/mol. The SMILES string of the molecule is CCOC(=O)c1cn2c(cc1=O)-c1nc(Cl)c(OCc3ccccc3)cc1C[C@H]2C(C)(C)C. The molecule has 7 heteroatoms. The largest absolute Gasteiger partial charge is 0.486 e. The predicted molar refractivity (Wildman–Crippen MR) is 128 cm³/mol. The zero-order valence-electron chi connectivity index (χ0n) is 19.2. The summed E-state index contributed by atoms with van der Waals surface area (Å²) in [5.74, 6) is -0.113. The molecule has 3 aromatic rings. The van der Waals surface area contributed by atoms with E-state index in [2.05, 4.69) is 25.8 Å². The summed E-state index contributed by atoms with van der Waals surface area (Å²) in [6, 6.07) is 13.2. The van der Waals surface area contributed by atoms with Crippen LogP contribution in [0.15, 0.2) is 53.5 Å². The lowest BCUT2D eigenvalue weighted by Gasteiger charge is -2.38. The number of ether oxygens (including phenoxy) is 2. The van der Waals surface area contributed by atoms with Gasteiger partial charge < -0.3 is 14.0 Å². The van der Waals surface area contributed by atoms with Crippen LogP contribution in [0.4, 0.5) is 0 Å². The van der Waals surface area contributed by atoms with Gasteiger partial charge in [-0.1, -0.05) is 62.7 Å². The van der Waals surface area contributed by atoms with Crippen molar-refractivity contribution in [3.8, 4) is 17.1 Å². The monoisotopic (exact) mass is 466 g/mol. The molecule has 0 saturated carbocycles. The molecule has 0 unspecified atom stereocenters. The quantitative estimate of drug-likeness (QED) is 0.368. The maximum Gasteiger partial charge on any atom is 0.343 e. The van der Waals surface area contributed by atoms with Crippen molar-refractivity contribution in [2.75, 3.05) is 6.61 Å². The molecule has 1 atom stereocenters. The highest BCUT2D eigenvalue weighted by Gasteiger charge is 2.35. The van der Waals surface area contributed by atoms with Crippen LogP contribution in [0.2, 0.25) is 5.15 Å². The molecule has 0 saturated heterocycles. The Morgan fingerprint density at radius 3 is 2.61 bits per heavy atom. The number of hydrogen-bond acceptors (Lipinski definition) is 5. The molecule has 1 aliphatic heterocycles. The van der Waals surface area contributed by atoms with Crippen molar-refractivity contribution >= 4 is 17.6 Å². The van der Waals surface area contributed by atoms with Crippen LogP contribution in [0, 0.1) is 5.41 Å². The van der Waals surface area contributed by atoms with Crippen LogP contribution in [0.25, 0.3) is 11.4 Å². The zero-order chi connectivity index (χ0) is 23.8. The van der Waals surface area contributed by atoms with Gasteiger partial charge in [-0.2, -0.15) is 0 Å². The van der Waals surface area contributed by atoms with Crippen molar-refractivity contribution in [1.29, 1.82) is 0 Å². The molecule has 1 aliphatic rings. The lowest BCUT2D eigenvalue weighted by atomic mass is 9.80. The highest BCUT2D eigenvalue weighted by Crippen LogP contribution is 2.43. The summed E-state index contributed by atoms with van der Waals surface area (Å²) in [6.45, 7) is 8.68. The van der Waals surface area contributed by atoms with Crippen molar-refractivity contribution in [3.05, 3.63) is 80.7 Å². The Labute approximate surface area is 198 Å². The molecule has 0 amide bonds. The molecule has 6 nitrogen and oxygen atoms in total. The lowest BCUT2D eigenvalue weighted by Crippen LogP contribution is -2.33. The Morgan fingerprint density at radius 2 is 1.94 bits per heavy atom. The Kier molecular flexibility index (Phi) is 6.30. The average molecular weight is 467 g/mol. The summed E-state index contributed by atoms with van der Waals surface area (Å²) >= 11 is 6.49. The van der Waals surface area contributed by atoms with E-state index < -0.39 is 11.4 Å². The smallest absolute Gasteiger partial charge is 0.343 e. The summed E-state index contributed by atoms with van der Waals surface area (Å²) in [4.78, 5) is 29.7. The molecule has 0 fully saturated rings. The van der Waals surface area contributed by atoms with Gasteiger partial charge in [0.15, 0.2) is 16.3 Å². The van der Waals surface area contributed by atoms with E-state index in [9.17, 15) is 9.59 Å². The number of benzene rings is 1. The van der Waals surface area contributed by atoms with Crippen LogP contribution in [-0.2, 0) is 17.8 Å². The highest BCUT2D eigenvalue weighted by molar-refractivity contribution is 6.31. The summed E-state index contributed by atoms with van der Waals surface area (Å²) in [5.41, 5.74) is 2.70. The zero-order valence-corrected chi connectivity index (χ0v) is 20.0. The van der Waals surface area contributed by atoms with Gasteiger partial charge in [-0.3, -0.25) is 4.79 Å². The van der Waals surface area contributed by atoms with Crippen LogP contribution in [0.1, 0.15) is 55.2 Å². The molecular formula is C26H27ClN2O4. The van der Waals surface area contributed by atoms with Crippen molar-refractivity contribution in [1.82, 2.24) is 9.55 Å². The normalized spacial score (nSPS) is 14.9. The Morgan fingerprint density at radius 1 is 1.21 bits per heavy atom. The van der Waals surface area contributed by atoms with E-state index in [4.69, 9.17) is 21.1 Å². The van der Waals surface area contributed by atoms with Crippen molar-refractivity contribution < 1.29 is 14.3 Å². The number of aromatic nitrogens is 2. The van der Waals surface area contributed by atoms with Gasteiger partial charge in [0.25, 0.3) is 0 Å². The van der Waals surface area contributed by atoms with Crippen molar-refractivity contribution in [2.45, 2.75) is 46.8 Å². The number of hydrogen-bond donors (Lipinski definition) is 0. The Hall–Kier alpha value is -3.12. The van der Waals surface area contributed by atoms with Crippen molar-refractivity contribution in [2.24, 2.45) is 5.41 Å². The minimum atomic E-state index is -0.619. The predicted octanol–water partition coefficient (Wildman–Crippen LogP) is 5.46. The fourth-order valence-corrected chi connectivity index (χ4v) is 4.31. The van der Waals surface area contributed by atoms with Gasteiger partial charge in [0, 0.05) is 18.3 Å². The van der Waals surface area contributed by atoms with E-state index in [0.29, 0.717) is 30.2 Å². The number of rotatable bonds is 5. The first-order chi connectivity index (χ1) is 15.7. The number of esters is 1. The van der Waals surface area contributed by atoms with Crippen molar-refractivity contribution in [3.63, 3.8) is 0 Å². The van der Waals surface area contributed by atoms with E-state index in [0.717, 1.165) is 11.1 Å². The summed E-state index contributed by atoms with van der Waals surface area (Å²) < 4.78 is 13.0. The van der Waals surface area contributed by atoms with E-state index in [-0.39, 0.29) is 28.8 Å². The van der Waals surface area contributed by atoms with Gasteiger partial charge >= 0.3 is 5.97 Å². The second-order valence-corrected chi connectivity index (χ2v) is 9.57. The maximum absolute atomic E-state index is 12.8. The molecule has 0 N–H and O–H groups in total. The van der Waals surface area contributed by atoms with Gasteiger partial charge in [0.05, 0.1) is 18.0 Å². The summed E-state index contributed by atoms with van der Waals surface area (Å²) in [6.07, 6.45) is 2.26. The Bertz CT molecular complexity index is 1250. The molecule has 0 spiro atoms. The number of carbonyl (C=O) groups is 1. The topological polar surface area (TPSA) is 70.4 Å².